The second kappa shape index (κ2) is 7.80. The minimum atomic E-state index is -0.514. The zero-order chi connectivity index (χ0) is 19.6. The number of amides is 1. The molecule has 0 spiro atoms. The summed E-state index contributed by atoms with van der Waals surface area (Å²) in [5, 5.41) is 18.0. The summed E-state index contributed by atoms with van der Waals surface area (Å²) in [5.74, 6) is 1.77. The van der Waals surface area contributed by atoms with E-state index in [0.717, 1.165) is 23.8 Å². The highest BCUT2D eigenvalue weighted by Gasteiger charge is 2.34. The standard InChI is InChI=1S/C21H30N4O2/c1-14-22-20(25(24-14)16-8-6-5-7-9-16)15-10-11-18(26)17(12-15)23-19(27)13-21(2,3)4/h5-9,15,17-18,26H,10-13H2,1-4H3,(H,23,27)/t15-,17+,18+/m0/s1. The first-order valence-corrected chi connectivity index (χ1v) is 9.69. The first-order valence-electron chi connectivity index (χ1n) is 9.69. The van der Waals surface area contributed by atoms with Crippen LogP contribution in [0.3, 0.4) is 0 Å². The van der Waals surface area contributed by atoms with Crippen molar-refractivity contribution in [3.8, 4) is 5.69 Å². The monoisotopic (exact) mass is 370 g/mol. The normalized spacial score (nSPS) is 23.2. The Labute approximate surface area is 161 Å². The first-order chi connectivity index (χ1) is 12.7. The van der Waals surface area contributed by atoms with Gasteiger partial charge in [0.05, 0.1) is 17.8 Å². The van der Waals surface area contributed by atoms with Gasteiger partial charge in [-0.1, -0.05) is 39.0 Å². The molecule has 0 aliphatic heterocycles. The summed E-state index contributed by atoms with van der Waals surface area (Å²) < 4.78 is 1.89. The molecule has 1 aromatic heterocycles. The summed E-state index contributed by atoms with van der Waals surface area (Å²) >= 11 is 0. The quantitative estimate of drug-likeness (QED) is 0.866. The molecule has 146 valence electrons. The third-order valence-electron chi connectivity index (χ3n) is 4.96. The number of hydrogen-bond acceptors (Lipinski definition) is 4. The highest BCUT2D eigenvalue weighted by atomic mass is 16.3. The molecule has 3 atom stereocenters. The smallest absolute Gasteiger partial charge is 0.220 e. The van der Waals surface area contributed by atoms with Crippen LogP contribution in [0.2, 0.25) is 0 Å². The second-order valence-corrected chi connectivity index (χ2v) is 8.75. The molecule has 0 bridgehead atoms. The molecule has 1 aliphatic carbocycles. The van der Waals surface area contributed by atoms with E-state index in [0.29, 0.717) is 19.3 Å². The average molecular weight is 370 g/mol. The molecule has 0 radical (unpaired) electrons. The third-order valence-corrected chi connectivity index (χ3v) is 4.96. The summed E-state index contributed by atoms with van der Waals surface area (Å²) in [7, 11) is 0. The van der Waals surface area contributed by atoms with E-state index in [-0.39, 0.29) is 23.3 Å². The summed E-state index contributed by atoms with van der Waals surface area (Å²) in [5.41, 5.74) is 0.904. The van der Waals surface area contributed by atoms with Gasteiger partial charge >= 0.3 is 0 Å². The fourth-order valence-electron chi connectivity index (χ4n) is 3.74. The first kappa shape index (κ1) is 19.5. The van der Waals surface area contributed by atoms with Crippen LogP contribution in [0.4, 0.5) is 0 Å². The summed E-state index contributed by atoms with van der Waals surface area (Å²) in [6, 6.07) is 9.72. The van der Waals surface area contributed by atoms with Crippen LogP contribution in [-0.2, 0) is 4.79 Å². The summed E-state index contributed by atoms with van der Waals surface area (Å²) in [6.45, 7) is 8.01. The number of benzene rings is 1. The van der Waals surface area contributed by atoms with E-state index in [9.17, 15) is 9.90 Å². The average Bonchev–Trinajstić information content (AvgIpc) is 2.98. The highest BCUT2D eigenvalue weighted by Crippen LogP contribution is 2.33. The van der Waals surface area contributed by atoms with Crippen molar-refractivity contribution in [3.05, 3.63) is 42.0 Å². The maximum atomic E-state index is 12.4. The van der Waals surface area contributed by atoms with Crippen molar-refractivity contribution >= 4 is 5.91 Å². The van der Waals surface area contributed by atoms with Gasteiger partial charge in [0, 0.05) is 12.3 Å². The molecule has 0 unspecified atom stereocenters. The summed E-state index contributed by atoms with van der Waals surface area (Å²) in [6.07, 6.45) is 2.07. The van der Waals surface area contributed by atoms with Gasteiger partial charge in [0.1, 0.15) is 11.6 Å². The molecular formula is C21H30N4O2. The molecule has 1 heterocycles. The Morgan fingerprint density at radius 3 is 2.63 bits per heavy atom. The molecule has 6 nitrogen and oxygen atoms in total. The molecule has 27 heavy (non-hydrogen) atoms. The molecule has 1 aliphatic rings. The molecule has 2 aromatic rings. The molecule has 2 N–H and O–H groups in total. The Balaban J connectivity index is 1.78. The number of aromatic nitrogens is 3. The van der Waals surface area contributed by atoms with E-state index < -0.39 is 6.10 Å². The van der Waals surface area contributed by atoms with Crippen molar-refractivity contribution in [1.82, 2.24) is 20.1 Å². The van der Waals surface area contributed by atoms with Crippen molar-refractivity contribution in [3.63, 3.8) is 0 Å². The fourth-order valence-corrected chi connectivity index (χ4v) is 3.74. The fraction of sp³-hybridized carbons (Fsp3) is 0.571. The van der Waals surface area contributed by atoms with E-state index in [1.54, 1.807) is 0 Å². The number of carbonyl (C=O) groups excluding carboxylic acids is 1. The van der Waals surface area contributed by atoms with Crippen LogP contribution in [0.5, 0.6) is 0 Å². The Kier molecular flexibility index (Phi) is 5.65. The number of carbonyl (C=O) groups is 1. The lowest BCUT2D eigenvalue weighted by Gasteiger charge is -2.34. The highest BCUT2D eigenvalue weighted by molar-refractivity contribution is 5.77. The van der Waals surface area contributed by atoms with Gasteiger partial charge in [0.2, 0.25) is 5.91 Å². The second-order valence-electron chi connectivity index (χ2n) is 8.75. The number of hydrogen-bond donors (Lipinski definition) is 2. The number of nitrogens with one attached hydrogen (secondary N) is 1. The predicted octanol–water partition coefficient (Wildman–Crippen LogP) is 3.13. The summed E-state index contributed by atoms with van der Waals surface area (Å²) in [4.78, 5) is 17.0. The SMILES string of the molecule is Cc1nc([C@H]2CC[C@@H](O)[C@H](NC(=O)CC(C)(C)C)C2)n(-c2ccccc2)n1. The molecule has 0 saturated heterocycles. The van der Waals surface area contributed by atoms with E-state index in [2.05, 4.69) is 15.4 Å². The largest absolute Gasteiger partial charge is 0.391 e. The predicted molar refractivity (Wildman–Crippen MR) is 105 cm³/mol. The van der Waals surface area contributed by atoms with Crippen molar-refractivity contribution in [2.75, 3.05) is 0 Å². The van der Waals surface area contributed by atoms with E-state index in [1.165, 1.54) is 0 Å². The van der Waals surface area contributed by atoms with Gasteiger partial charge in [-0.2, -0.15) is 5.10 Å². The lowest BCUT2D eigenvalue weighted by molar-refractivity contribution is -0.124. The van der Waals surface area contributed by atoms with E-state index >= 15 is 0 Å². The molecule has 6 heteroatoms. The number of aliphatic hydroxyl groups is 1. The lowest BCUT2D eigenvalue weighted by atomic mass is 9.82. The van der Waals surface area contributed by atoms with Crippen molar-refractivity contribution in [2.45, 2.75) is 71.4 Å². The van der Waals surface area contributed by atoms with Gasteiger partial charge in [-0.3, -0.25) is 4.79 Å². The molecule has 1 aromatic carbocycles. The number of para-hydroxylation sites is 1. The van der Waals surface area contributed by atoms with Crippen LogP contribution >= 0.6 is 0 Å². The topological polar surface area (TPSA) is 80.0 Å². The van der Waals surface area contributed by atoms with E-state index in [1.807, 2.05) is 62.7 Å². The Morgan fingerprint density at radius 1 is 1.26 bits per heavy atom. The number of rotatable bonds is 4. The van der Waals surface area contributed by atoms with Crippen LogP contribution < -0.4 is 5.32 Å². The van der Waals surface area contributed by atoms with Gasteiger partial charge in [0.15, 0.2) is 0 Å². The van der Waals surface area contributed by atoms with Crippen molar-refractivity contribution in [2.24, 2.45) is 5.41 Å². The zero-order valence-corrected chi connectivity index (χ0v) is 16.6. The van der Waals surface area contributed by atoms with Crippen molar-refractivity contribution < 1.29 is 9.90 Å². The molecule has 1 saturated carbocycles. The van der Waals surface area contributed by atoms with E-state index in [4.69, 9.17) is 0 Å². The van der Waals surface area contributed by atoms with Crippen molar-refractivity contribution in [1.29, 1.82) is 0 Å². The van der Waals surface area contributed by atoms with Crippen LogP contribution in [0.15, 0.2) is 30.3 Å². The Hall–Kier alpha value is -2.21. The molecule has 1 amide bonds. The maximum absolute atomic E-state index is 12.4. The number of nitrogens with zero attached hydrogens (tertiary/aromatic N) is 3. The van der Waals surface area contributed by atoms with Crippen LogP contribution in [0.25, 0.3) is 5.69 Å². The Morgan fingerprint density at radius 2 is 1.96 bits per heavy atom. The van der Waals surface area contributed by atoms with Crippen LogP contribution in [-0.4, -0.2) is 37.9 Å². The minimum absolute atomic E-state index is 0.00657. The van der Waals surface area contributed by atoms with Gasteiger partial charge in [-0.05, 0) is 43.7 Å². The Bertz CT molecular complexity index is 779. The minimum Gasteiger partial charge on any atom is -0.391 e. The van der Waals surface area contributed by atoms with Gasteiger partial charge < -0.3 is 10.4 Å². The third kappa shape index (κ3) is 4.95. The molecule has 1 fully saturated rings. The van der Waals surface area contributed by atoms with Gasteiger partial charge in [-0.25, -0.2) is 9.67 Å². The van der Waals surface area contributed by atoms with Gasteiger partial charge in [0.25, 0.3) is 0 Å². The molecule has 3 rings (SSSR count). The van der Waals surface area contributed by atoms with Crippen LogP contribution in [0.1, 0.15) is 64.0 Å². The number of aliphatic hydroxyl groups excluding tert-OH is 1. The zero-order valence-electron chi connectivity index (χ0n) is 16.6. The maximum Gasteiger partial charge on any atom is 0.220 e. The molecular weight excluding hydrogens is 340 g/mol. The lowest BCUT2D eigenvalue weighted by Crippen LogP contribution is -2.47. The number of aryl methyl sites for hydroxylation is 1. The van der Waals surface area contributed by atoms with Gasteiger partial charge in [-0.15, -0.1) is 0 Å². The van der Waals surface area contributed by atoms with Crippen LogP contribution in [0, 0.1) is 12.3 Å².